The van der Waals surface area contributed by atoms with Crippen LogP contribution in [0.2, 0.25) is 0 Å². The Balaban J connectivity index is 2.16. The van der Waals surface area contributed by atoms with E-state index in [1.54, 1.807) is 0 Å². The Kier molecular flexibility index (Phi) is 3.98. The van der Waals surface area contributed by atoms with Crippen molar-refractivity contribution in [2.24, 2.45) is 0 Å². The van der Waals surface area contributed by atoms with Crippen molar-refractivity contribution in [1.29, 1.82) is 0 Å². The molecule has 1 aromatic carbocycles. The highest BCUT2D eigenvalue weighted by atomic mass is 79.9. The molecule has 6 heteroatoms. The molecule has 2 rings (SSSR count). The largest absolute Gasteiger partial charge is 0.398 e. The van der Waals surface area contributed by atoms with Crippen LogP contribution >= 0.6 is 15.9 Å². The maximum Gasteiger partial charge on any atom is 0.257 e. The number of rotatable bonds is 4. The van der Waals surface area contributed by atoms with Gasteiger partial charge in [-0.25, -0.2) is 0 Å². The van der Waals surface area contributed by atoms with Crippen molar-refractivity contribution in [3.63, 3.8) is 0 Å². The lowest BCUT2D eigenvalue weighted by molar-refractivity contribution is 0.392. The highest BCUT2D eigenvalue weighted by Gasteiger charge is 2.10. The maximum absolute atomic E-state index is 5.82. The minimum atomic E-state index is 0.503. The van der Waals surface area contributed by atoms with Crippen LogP contribution in [0.4, 0.5) is 5.69 Å². The first-order valence-electron chi connectivity index (χ1n) is 5.59. The van der Waals surface area contributed by atoms with E-state index >= 15 is 0 Å². The maximum atomic E-state index is 5.82. The van der Waals surface area contributed by atoms with E-state index in [2.05, 4.69) is 31.0 Å². The third-order valence-electron chi connectivity index (χ3n) is 2.49. The summed E-state index contributed by atoms with van der Waals surface area (Å²) >= 11 is 3.35. The molecule has 96 valence electrons. The van der Waals surface area contributed by atoms with Gasteiger partial charge in [-0.15, -0.1) is 0 Å². The average molecular weight is 311 g/mol. The quantitative estimate of drug-likeness (QED) is 0.877. The van der Waals surface area contributed by atoms with Gasteiger partial charge in [0.15, 0.2) is 5.82 Å². The van der Waals surface area contributed by atoms with Crippen LogP contribution in [0.1, 0.15) is 5.82 Å². The summed E-state index contributed by atoms with van der Waals surface area (Å²) in [5, 5.41) is 3.95. The highest BCUT2D eigenvalue weighted by Crippen LogP contribution is 2.25. The van der Waals surface area contributed by atoms with E-state index in [4.69, 9.17) is 10.3 Å². The second-order valence-corrected chi connectivity index (χ2v) is 5.16. The second-order valence-electron chi connectivity index (χ2n) is 4.31. The molecule has 2 aromatic rings. The van der Waals surface area contributed by atoms with Gasteiger partial charge in [0.05, 0.1) is 0 Å². The van der Waals surface area contributed by atoms with Gasteiger partial charge in [-0.1, -0.05) is 5.16 Å². The minimum absolute atomic E-state index is 0.503. The van der Waals surface area contributed by atoms with Gasteiger partial charge in [0.1, 0.15) is 0 Å². The summed E-state index contributed by atoms with van der Waals surface area (Å²) in [7, 11) is 4.02. The van der Waals surface area contributed by atoms with E-state index in [0.717, 1.165) is 23.0 Å². The molecular formula is C12H15BrN4O. The van der Waals surface area contributed by atoms with Crippen molar-refractivity contribution in [2.45, 2.75) is 6.42 Å². The van der Waals surface area contributed by atoms with Gasteiger partial charge in [-0.05, 0) is 48.2 Å². The molecule has 0 bridgehead atoms. The Hall–Kier alpha value is -1.40. The van der Waals surface area contributed by atoms with Crippen molar-refractivity contribution in [1.82, 2.24) is 15.0 Å². The Morgan fingerprint density at radius 2 is 2.17 bits per heavy atom. The monoisotopic (exact) mass is 310 g/mol. The van der Waals surface area contributed by atoms with E-state index in [1.807, 2.05) is 32.3 Å². The summed E-state index contributed by atoms with van der Waals surface area (Å²) < 4.78 is 6.09. The summed E-state index contributed by atoms with van der Waals surface area (Å²) in [6, 6.07) is 5.57. The summed E-state index contributed by atoms with van der Waals surface area (Å²) in [6.07, 6.45) is 0.766. The van der Waals surface area contributed by atoms with Gasteiger partial charge in [-0.2, -0.15) is 4.98 Å². The summed E-state index contributed by atoms with van der Waals surface area (Å²) in [4.78, 5) is 6.42. The molecule has 5 nitrogen and oxygen atoms in total. The van der Waals surface area contributed by atoms with Gasteiger partial charge in [0.2, 0.25) is 0 Å². The average Bonchev–Trinajstić information content (AvgIpc) is 2.79. The smallest absolute Gasteiger partial charge is 0.257 e. The van der Waals surface area contributed by atoms with Gasteiger partial charge >= 0.3 is 0 Å². The number of halogens is 1. The summed E-state index contributed by atoms with van der Waals surface area (Å²) in [5.41, 5.74) is 7.31. The van der Waals surface area contributed by atoms with Crippen LogP contribution in [-0.4, -0.2) is 35.7 Å². The minimum Gasteiger partial charge on any atom is -0.398 e. The molecule has 0 aliphatic heterocycles. The third-order valence-corrected chi connectivity index (χ3v) is 3.22. The van der Waals surface area contributed by atoms with Crippen LogP contribution < -0.4 is 5.73 Å². The highest BCUT2D eigenvalue weighted by molar-refractivity contribution is 9.10. The molecule has 2 N–H and O–H groups in total. The topological polar surface area (TPSA) is 68.2 Å². The zero-order chi connectivity index (χ0) is 13.1. The van der Waals surface area contributed by atoms with Gasteiger partial charge < -0.3 is 15.2 Å². The van der Waals surface area contributed by atoms with E-state index in [1.165, 1.54) is 0 Å². The molecule has 0 amide bonds. The first-order valence-corrected chi connectivity index (χ1v) is 6.38. The molecule has 0 aliphatic rings. The molecule has 0 radical (unpaired) electrons. The molecule has 1 heterocycles. The zero-order valence-corrected chi connectivity index (χ0v) is 11.9. The normalized spacial score (nSPS) is 11.1. The van der Waals surface area contributed by atoms with Crippen LogP contribution in [-0.2, 0) is 6.42 Å². The van der Waals surface area contributed by atoms with Crippen molar-refractivity contribution >= 4 is 21.6 Å². The lowest BCUT2D eigenvalue weighted by atomic mass is 10.2. The number of likely N-dealkylation sites (N-methyl/N-ethyl adjacent to an activating group) is 1. The Bertz CT molecular complexity index is 539. The van der Waals surface area contributed by atoms with Crippen molar-refractivity contribution in [3.8, 4) is 11.5 Å². The van der Waals surface area contributed by atoms with Gasteiger partial charge in [-0.3, -0.25) is 0 Å². The predicted molar refractivity (Wildman–Crippen MR) is 74.1 cm³/mol. The van der Waals surface area contributed by atoms with E-state index in [0.29, 0.717) is 17.4 Å². The molecule has 0 atom stereocenters. The number of nitrogens with two attached hydrogens (primary N) is 1. The number of nitrogen functional groups attached to an aromatic ring is 1. The molecule has 0 spiro atoms. The van der Waals surface area contributed by atoms with Crippen LogP contribution in [0, 0.1) is 0 Å². The first-order chi connectivity index (χ1) is 8.56. The van der Waals surface area contributed by atoms with Crippen LogP contribution in [0.5, 0.6) is 0 Å². The van der Waals surface area contributed by atoms with Crippen molar-refractivity contribution < 1.29 is 4.52 Å². The van der Waals surface area contributed by atoms with Crippen LogP contribution in [0.3, 0.4) is 0 Å². The number of hydrogen-bond acceptors (Lipinski definition) is 5. The van der Waals surface area contributed by atoms with E-state index < -0.39 is 0 Å². The number of anilines is 1. The molecule has 0 fully saturated rings. The molecule has 1 aromatic heterocycles. The zero-order valence-electron chi connectivity index (χ0n) is 10.4. The fraction of sp³-hybridized carbons (Fsp3) is 0.333. The number of benzene rings is 1. The van der Waals surface area contributed by atoms with Crippen LogP contribution in [0.25, 0.3) is 11.5 Å². The standard InChI is InChI=1S/C12H15BrN4O/c1-17(2)6-5-11-15-12(18-16-11)8-3-4-9(13)10(14)7-8/h3-4,7H,5-6,14H2,1-2H3. The van der Waals surface area contributed by atoms with Crippen LogP contribution in [0.15, 0.2) is 27.2 Å². The number of aromatic nitrogens is 2. The van der Waals surface area contributed by atoms with Crippen molar-refractivity contribution in [2.75, 3.05) is 26.4 Å². The Labute approximate surface area is 114 Å². The fourth-order valence-corrected chi connectivity index (χ4v) is 1.72. The molecule has 18 heavy (non-hydrogen) atoms. The molecule has 0 saturated carbocycles. The predicted octanol–water partition coefficient (Wildman–Crippen LogP) is 2.19. The summed E-state index contributed by atoms with van der Waals surface area (Å²) in [6.45, 7) is 0.890. The second kappa shape index (κ2) is 5.49. The summed E-state index contributed by atoms with van der Waals surface area (Å²) in [5.74, 6) is 1.21. The van der Waals surface area contributed by atoms with Crippen molar-refractivity contribution in [3.05, 3.63) is 28.5 Å². The van der Waals surface area contributed by atoms with E-state index in [9.17, 15) is 0 Å². The molecule has 0 unspecified atom stereocenters. The number of hydrogen-bond donors (Lipinski definition) is 1. The van der Waals surface area contributed by atoms with E-state index in [-0.39, 0.29) is 0 Å². The SMILES string of the molecule is CN(C)CCc1noc(-c2ccc(Br)c(N)c2)n1. The lowest BCUT2D eigenvalue weighted by Crippen LogP contribution is -2.15. The van der Waals surface area contributed by atoms with Gasteiger partial charge in [0, 0.05) is 28.7 Å². The lowest BCUT2D eigenvalue weighted by Gasteiger charge is -2.05. The Morgan fingerprint density at radius 3 is 2.83 bits per heavy atom. The third kappa shape index (κ3) is 3.08. The number of nitrogens with zero attached hydrogens (tertiary/aromatic N) is 3. The fourth-order valence-electron chi connectivity index (χ4n) is 1.47. The Morgan fingerprint density at radius 1 is 1.39 bits per heavy atom. The molecule has 0 saturated heterocycles. The molecular weight excluding hydrogens is 296 g/mol. The molecule has 0 aliphatic carbocycles. The van der Waals surface area contributed by atoms with Gasteiger partial charge in [0.25, 0.3) is 5.89 Å². The first kappa shape index (κ1) is 13.0.